The maximum absolute atomic E-state index is 4.02. The summed E-state index contributed by atoms with van der Waals surface area (Å²) < 4.78 is 0. The zero-order valence-electron chi connectivity index (χ0n) is 46.3. The van der Waals surface area contributed by atoms with Gasteiger partial charge in [-0.15, -0.1) is 0 Å². The molecule has 0 saturated carbocycles. The molecule has 2 radical (unpaired) electrons. The zero-order chi connectivity index (χ0) is 47.9. The van der Waals surface area contributed by atoms with Gasteiger partial charge in [0.05, 0.1) is 0 Å². The first-order valence-electron chi connectivity index (χ1n) is 31.1. The van der Waals surface area contributed by atoms with Crippen LogP contribution in [0.1, 0.15) is 353 Å². The van der Waals surface area contributed by atoms with Crippen LogP contribution in [-0.4, -0.2) is 0 Å². The Bertz CT molecular complexity index is 1140. The molecule has 2 rings (SSSR count). The highest BCUT2D eigenvalue weighted by molar-refractivity contribution is 5.42. The Morgan fingerprint density at radius 3 is 0.672 bits per heavy atom. The predicted molar refractivity (Wildman–Crippen MR) is 303 cm³/mol. The van der Waals surface area contributed by atoms with Crippen LogP contribution >= 0.6 is 0 Å². The monoisotopic (exact) mass is 923 g/mol. The first kappa shape index (κ1) is 61.6. The van der Waals surface area contributed by atoms with E-state index in [9.17, 15) is 0 Å². The molecule has 2 aromatic carbocycles. The lowest BCUT2D eigenvalue weighted by Gasteiger charge is -2.53. The van der Waals surface area contributed by atoms with Crippen molar-refractivity contribution in [3.63, 3.8) is 0 Å². The molecule has 0 heteroatoms. The van der Waals surface area contributed by atoms with Gasteiger partial charge < -0.3 is 0 Å². The van der Waals surface area contributed by atoms with E-state index in [-0.39, 0.29) is 10.8 Å². The third-order valence-corrected chi connectivity index (χ3v) is 16.4. The second kappa shape index (κ2) is 45.6. The Kier molecular flexibility index (Phi) is 41.9. The third-order valence-electron chi connectivity index (χ3n) is 16.4. The summed E-state index contributed by atoms with van der Waals surface area (Å²) >= 11 is 0. The van der Waals surface area contributed by atoms with Gasteiger partial charge >= 0.3 is 0 Å². The van der Waals surface area contributed by atoms with E-state index in [1.807, 2.05) is 0 Å². The highest BCUT2D eigenvalue weighted by Crippen LogP contribution is 2.58. The minimum atomic E-state index is -0.0521. The van der Waals surface area contributed by atoms with Crippen molar-refractivity contribution in [1.82, 2.24) is 0 Å². The maximum Gasteiger partial charge on any atom is 0.0271 e. The van der Waals surface area contributed by atoms with Crippen molar-refractivity contribution in [3.8, 4) is 0 Å². The van der Waals surface area contributed by atoms with Crippen molar-refractivity contribution in [3.05, 3.63) is 71.8 Å². The molecule has 0 saturated heterocycles. The lowest BCUT2D eigenvalue weighted by Crippen LogP contribution is -2.47. The standard InChI is InChI=1S/C67H118/c1-5-9-13-17-21-25-29-33-37-41-45-55-63-67(64-56-48-46-49-57-64,65-58-50-47-51-59-65)66(60-52-42-38-34-30-26-22-18-14-10-6-2,61-53-43-39-35-31-27-23-19-15-11-7-3)62-54-44-40-36-32-28-24-20-16-12-8-4/h46-51,56,58H,5-45,52-55,60-63H2,1-4H3. The Balaban J connectivity index is 2.36. The summed E-state index contributed by atoms with van der Waals surface area (Å²) in [5, 5.41) is 0. The van der Waals surface area contributed by atoms with E-state index in [1.165, 1.54) is 326 Å². The van der Waals surface area contributed by atoms with E-state index < -0.39 is 0 Å². The number of benzene rings is 2. The van der Waals surface area contributed by atoms with E-state index in [4.69, 9.17) is 0 Å². The Morgan fingerprint density at radius 2 is 0.463 bits per heavy atom. The van der Waals surface area contributed by atoms with Crippen LogP contribution in [0.3, 0.4) is 0 Å². The van der Waals surface area contributed by atoms with Gasteiger partial charge in [0.1, 0.15) is 0 Å². The van der Waals surface area contributed by atoms with Crippen molar-refractivity contribution < 1.29 is 0 Å². The molecule has 0 spiro atoms. The summed E-state index contributed by atoms with van der Waals surface area (Å²) in [6.07, 6.45) is 69.1. The Morgan fingerprint density at radius 1 is 0.254 bits per heavy atom. The van der Waals surface area contributed by atoms with Crippen LogP contribution in [0.15, 0.2) is 48.5 Å². The molecule has 0 aliphatic carbocycles. The summed E-state index contributed by atoms with van der Waals surface area (Å²) in [6.45, 7) is 9.34. The minimum absolute atomic E-state index is 0.0521. The van der Waals surface area contributed by atoms with Crippen molar-refractivity contribution in [1.29, 1.82) is 0 Å². The summed E-state index contributed by atoms with van der Waals surface area (Å²) in [5.74, 6) is 0. The first-order valence-corrected chi connectivity index (χ1v) is 31.1. The Labute approximate surface area is 423 Å². The molecule has 0 unspecified atom stereocenters. The number of rotatable bonds is 52. The Hall–Kier alpha value is -1.56. The number of hydrogen-bond donors (Lipinski definition) is 0. The molecule has 0 N–H and O–H groups in total. The zero-order valence-corrected chi connectivity index (χ0v) is 46.3. The van der Waals surface area contributed by atoms with Gasteiger partial charge in [-0.1, -0.05) is 365 Å². The summed E-state index contributed by atoms with van der Waals surface area (Å²) in [6, 6.07) is 26.7. The van der Waals surface area contributed by atoms with Crippen LogP contribution in [0.2, 0.25) is 0 Å². The molecule has 0 fully saturated rings. The molecule has 0 nitrogen and oxygen atoms in total. The summed E-state index contributed by atoms with van der Waals surface area (Å²) in [5.41, 5.74) is 3.13. The topological polar surface area (TPSA) is 0 Å². The van der Waals surface area contributed by atoms with Crippen LogP contribution in [-0.2, 0) is 5.41 Å². The highest BCUT2D eigenvalue weighted by atomic mass is 14.5. The van der Waals surface area contributed by atoms with Gasteiger partial charge in [0, 0.05) is 5.41 Å². The van der Waals surface area contributed by atoms with Crippen LogP contribution < -0.4 is 0 Å². The van der Waals surface area contributed by atoms with Gasteiger partial charge in [-0.2, -0.15) is 0 Å². The van der Waals surface area contributed by atoms with E-state index in [0.717, 1.165) is 0 Å². The fourth-order valence-corrected chi connectivity index (χ4v) is 12.2. The van der Waals surface area contributed by atoms with Crippen LogP contribution in [0, 0.1) is 17.5 Å². The largest absolute Gasteiger partial charge is 0.0654 e. The van der Waals surface area contributed by atoms with E-state index >= 15 is 0 Å². The molecule has 0 bridgehead atoms. The minimum Gasteiger partial charge on any atom is -0.0654 e. The van der Waals surface area contributed by atoms with Crippen molar-refractivity contribution >= 4 is 0 Å². The van der Waals surface area contributed by atoms with E-state index in [2.05, 4.69) is 88.4 Å². The average molecular weight is 924 g/mol. The summed E-state index contributed by atoms with van der Waals surface area (Å²) in [4.78, 5) is 0. The molecule has 2 aromatic rings. The number of hydrogen-bond acceptors (Lipinski definition) is 0. The average Bonchev–Trinajstić information content (AvgIpc) is 3.36. The quantitative estimate of drug-likeness (QED) is 0.0580. The molecule has 386 valence electrons. The van der Waals surface area contributed by atoms with Crippen molar-refractivity contribution in [2.75, 3.05) is 0 Å². The smallest absolute Gasteiger partial charge is 0.0271 e. The molecular weight excluding hydrogens is 805 g/mol. The molecular formula is C67H118. The van der Waals surface area contributed by atoms with E-state index in [1.54, 1.807) is 0 Å². The molecule has 0 aromatic heterocycles. The van der Waals surface area contributed by atoms with Crippen molar-refractivity contribution in [2.24, 2.45) is 5.41 Å². The predicted octanol–water partition coefficient (Wildman–Crippen LogP) is 23.8. The molecule has 0 amide bonds. The molecule has 0 aliphatic heterocycles. The van der Waals surface area contributed by atoms with Crippen LogP contribution in [0.4, 0.5) is 0 Å². The van der Waals surface area contributed by atoms with Gasteiger partial charge in [0.2, 0.25) is 0 Å². The van der Waals surface area contributed by atoms with E-state index in [0.29, 0.717) is 0 Å². The molecule has 0 heterocycles. The maximum atomic E-state index is 4.02. The lowest BCUT2D eigenvalue weighted by molar-refractivity contribution is 0.0814. The normalized spacial score (nSPS) is 12.1. The van der Waals surface area contributed by atoms with Gasteiger partial charge in [0.15, 0.2) is 0 Å². The first-order chi connectivity index (χ1) is 33.2. The van der Waals surface area contributed by atoms with Gasteiger partial charge in [-0.25, -0.2) is 0 Å². The third kappa shape index (κ3) is 29.4. The SMILES string of the molecule is CCCCCCCCCCCCCCC(c1[c]cccc1)(c1[c]cccc1)C(CCCCCCCCCCCCC)(CCCCCCCCCCCCC)CCCCCCCCCCCCC. The van der Waals surface area contributed by atoms with Crippen LogP contribution in [0.25, 0.3) is 0 Å². The van der Waals surface area contributed by atoms with Gasteiger partial charge in [0.25, 0.3) is 0 Å². The lowest BCUT2D eigenvalue weighted by atomic mass is 9.50. The molecule has 67 heavy (non-hydrogen) atoms. The fraction of sp³-hybridized carbons (Fsp3) is 0.821. The van der Waals surface area contributed by atoms with Gasteiger partial charge in [-0.05, 0) is 54.4 Å². The second-order valence-corrected chi connectivity index (χ2v) is 22.2. The molecule has 0 atom stereocenters. The van der Waals surface area contributed by atoms with Crippen LogP contribution in [0.5, 0.6) is 0 Å². The fourth-order valence-electron chi connectivity index (χ4n) is 12.2. The highest BCUT2D eigenvalue weighted by Gasteiger charge is 2.51. The van der Waals surface area contributed by atoms with Gasteiger partial charge in [-0.3, -0.25) is 0 Å². The molecule has 0 aliphatic rings. The second-order valence-electron chi connectivity index (χ2n) is 22.2. The number of unbranched alkanes of at least 4 members (excludes halogenated alkanes) is 41. The summed E-state index contributed by atoms with van der Waals surface area (Å²) in [7, 11) is 0. The van der Waals surface area contributed by atoms with Crippen molar-refractivity contribution in [2.45, 2.75) is 348 Å².